The number of hydrogen-bond donors (Lipinski definition) is 3. The van der Waals surface area contributed by atoms with Crippen molar-refractivity contribution in [3.63, 3.8) is 0 Å². The molecule has 1 atom stereocenters. The quantitative estimate of drug-likeness (QED) is 0.548. The number of sulfone groups is 1. The number of amides is 1. The highest BCUT2D eigenvalue weighted by molar-refractivity contribution is 7.91. The van der Waals surface area contributed by atoms with E-state index in [0.29, 0.717) is 19.4 Å². The molecule has 2 aliphatic heterocycles. The first-order valence-electron chi connectivity index (χ1n) is 6.02. The SMILES string of the molecule is O=C(NC1CCS(=O)(=O)CC1)C1CNCCN1. The zero-order valence-electron chi connectivity index (χ0n) is 9.74. The third-order valence-electron chi connectivity index (χ3n) is 3.26. The first-order valence-corrected chi connectivity index (χ1v) is 7.84. The molecule has 2 saturated heterocycles. The highest BCUT2D eigenvalue weighted by Gasteiger charge is 2.27. The number of carbonyl (C=O) groups excluding carboxylic acids is 1. The van der Waals surface area contributed by atoms with Crippen LogP contribution in [0.3, 0.4) is 0 Å². The standard InChI is InChI=1S/C10H19N3O3S/c14-10(9-7-11-3-4-12-9)13-8-1-5-17(15,16)6-2-8/h8-9,11-12H,1-7H2,(H,13,14). The van der Waals surface area contributed by atoms with Crippen LogP contribution in [0.5, 0.6) is 0 Å². The van der Waals surface area contributed by atoms with E-state index in [2.05, 4.69) is 16.0 Å². The smallest absolute Gasteiger partial charge is 0.238 e. The number of rotatable bonds is 2. The molecule has 0 aromatic rings. The van der Waals surface area contributed by atoms with E-state index in [0.717, 1.165) is 13.1 Å². The highest BCUT2D eigenvalue weighted by Crippen LogP contribution is 2.12. The van der Waals surface area contributed by atoms with Crippen molar-refractivity contribution in [3.8, 4) is 0 Å². The lowest BCUT2D eigenvalue weighted by molar-refractivity contribution is -0.124. The van der Waals surface area contributed by atoms with Crippen LogP contribution in [-0.2, 0) is 14.6 Å². The van der Waals surface area contributed by atoms with Crippen LogP contribution in [0.15, 0.2) is 0 Å². The zero-order chi connectivity index (χ0) is 12.3. The van der Waals surface area contributed by atoms with Gasteiger partial charge in [-0.25, -0.2) is 8.42 Å². The predicted molar refractivity (Wildman–Crippen MR) is 64.5 cm³/mol. The second-order valence-electron chi connectivity index (χ2n) is 4.65. The Kier molecular flexibility index (Phi) is 4.01. The molecule has 3 N–H and O–H groups in total. The van der Waals surface area contributed by atoms with Crippen LogP contribution >= 0.6 is 0 Å². The van der Waals surface area contributed by atoms with Crippen molar-refractivity contribution >= 4 is 15.7 Å². The van der Waals surface area contributed by atoms with Crippen molar-refractivity contribution in [3.05, 3.63) is 0 Å². The Morgan fingerprint density at radius 3 is 2.47 bits per heavy atom. The Morgan fingerprint density at radius 1 is 1.18 bits per heavy atom. The Morgan fingerprint density at radius 2 is 1.88 bits per heavy atom. The Hall–Kier alpha value is -0.660. The van der Waals surface area contributed by atoms with Gasteiger partial charge in [0.05, 0.1) is 17.5 Å². The van der Waals surface area contributed by atoms with E-state index in [1.165, 1.54) is 0 Å². The number of carbonyl (C=O) groups is 1. The van der Waals surface area contributed by atoms with Gasteiger partial charge in [0.25, 0.3) is 0 Å². The molecule has 98 valence electrons. The van der Waals surface area contributed by atoms with Gasteiger partial charge in [0, 0.05) is 25.7 Å². The van der Waals surface area contributed by atoms with Crippen LogP contribution in [0.25, 0.3) is 0 Å². The predicted octanol–water partition coefficient (Wildman–Crippen LogP) is -1.76. The van der Waals surface area contributed by atoms with Crippen molar-refractivity contribution in [2.24, 2.45) is 0 Å². The Labute approximate surface area is 101 Å². The summed E-state index contributed by atoms with van der Waals surface area (Å²) in [7, 11) is -2.86. The van der Waals surface area contributed by atoms with Crippen LogP contribution in [-0.4, -0.2) is 57.5 Å². The lowest BCUT2D eigenvalue weighted by Crippen LogP contribution is -2.57. The lowest BCUT2D eigenvalue weighted by atomic mass is 10.1. The summed E-state index contributed by atoms with van der Waals surface area (Å²) in [6.45, 7) is 2.30. The summed E-state index contributed by atoms with van der Waals surface area (Å²) in [5.41, 5.74) is 0. The van der Waals surface area contributed by atoms with Gasteiger partial charge in [0.1, 0.15) is 9.84 Å². The maximum absolute atomic E-state index is 11.9. The molecule has 1 amide bonds. The molecule has 0 spiro atoms. The van der Waals surface area contributed by atoms with E-state index in [-0.39, 0.29) is 29.5 Å². The summed E-state index contributed by atoms with van der Waals surface area (Å²) in [6.07, 6.45) is 1.07. The minimum absolute atomic E-state index is 0.00903. The molecule has 6 nitrogen and oxygen atoms in total. The van der Waals surface area contributed by atoms with Crippen molar-refractivity contribution in [2.45, 2.75) is 24.9 Å². The van der Waals surface area contributed by atoms with Gasteiger partial charge in [-0.3, -0.25) is 4.79 Å². The maximum atomic E-state index is 11.9. The molecule has 2 rings (SSSR count). The summed E-state index contributed by atoms with van der Waals surface area (Å²) in [5, 5.41) is 9.20. The summed E-state index contributed by atoms with van der Waals surface area (Å²) in [4.78, 5) is 11.9. The number of nitrogens with one attached hydrogen (secondary N) is 3. The molecule has 17 heavy (non-hydrogen) atoms. The third kappa shape index (κ3) is 3.65. The maximum Gasteiger partial charge on any atom is 0.238 e. The first kappa shape index (κ1) is 12.8. The van der Waals surface area contributed by atoms with Crippen LogP contribution < -0.4 is 16.0 Å². The summed E-state index contributed by atoms with van der Waals surface area (Å²) >= 11 is 0. The van der Waals surface area contributed by atoms with Crippen molar-refractivity contribution < 1.29 is 13.2 Å². The van der Waals surface area contributed by atoms with Gasteiger partial charge >= 0.3 is 0 Å². The first-order chi connectivity index (χ1) is 8.07. The van der Waals surface area contributed by atoms with Gasteiger partial charge in [-0.1, -0.05) is 0 Å². The summed E-state index contributed by atoms with van der Waals surface area (Å²) in [5.74, 6) is 0.351. The average molecular weight is 261 g/mol. The monoisotopic (exact) mass is 261 g/mol. The lowest BCUT2D eigenvalue weighted by Gasteiger charge is -2.28. The molecule has 2 aliphatic rings. The average Bonchev–Trinajstić information content (AvgIpc) is 2.33. The fourth-order valence-electron chi connectivity index (χ4n) is 2.17. The van der Waals surface area contributed by atoms with Gasteiger partial charge in [-0.05, 0) is 12.8 Å². The molecule has 7 heteroatoms. The largest absolute Gasteiger partial charge is 0.352 e. The normalized spacial score (nSPS) is 29.8. The van der Waals surface area contributed by atoms with Crippen molar-refractivity contribution in [1.82, 2.24) is 16.0 Å². The number of hydrogen-bond acceptors (Lipinski definition) is 5. The second kappa shape index (κ2) is 5.32. The van der Waals surface area contributed by atoms with Crippen molar-refractivity contribution in [1.29, 1.82) is 0 Å². The van der Waals surface area contributed by atoms with Crippen LogP contribution in [0, 0.1) is 0 Å². The van der Waals surface area contributed by atoms with E-state index in [4.69, 9.17) is 0 Å². The molecule has 1 unspecified atom stereocenters. The molecule has 2 fully saturated rings. The van der Waals surface area contributed by atoms with Crippen LogP contribution in [0.2, 0.25) is 0 Å². The molecule has 0 aromatic carbocycles. The molecule has 0 aliphatic carbocycles. The molecule has 0 saturated carbocycles. The van der Waals surface area contributed by atoms with E-state index in [1.807, 2.05) is 0 Å². The summed E-state index contributed by atoms with van der Waals surface area (Å²) in [6, 6.07) is -0.183. The van der Waals surface area contributed by atoms with Gasteiger partial charge in [-0.15, -0.1) is 0 Å². The number of piperazine rings is 1. The minimum Gasteiger partial charge on any atom is -0.352 e. The highest BCUT2D eigenvalue weighted by atomic mass is 32.2. The minimum atomic E-state index is -2.86. The molecule has 0 aromatic heterocycles. The summed E-state index contributed by atoms with van der Waals surface area (Å²) < 4.78 is 22.5. The zero-order valence-corrected chi connectivity index (χ0v) is 10.6. The van der Waals surface area contributed by atoms with Gasteiger partial charge < -0.3 is 16.0 Å². The third-order valence-corrected chi connectivity index (χ3v) is 4.97. The van der Waals surface area contributed by atoms with E-state index < -0.39 is 9.84 Å². The van der Waals surface area contributed by atoms with E-state index in [9.17, 15) is 13.2 Å². The molecule has 0 radical (unpaired) electrons. The van der Waals surface area contributed by atoms with Crippen LogP contribution in [0.1, 0.15) is 12.8 Å². The molecule has 2 heterocycles. The topological polar surface area (TPSA) is 87.3 Å². The van der Waals surface area contributed by atoms with Gasteiger partial charge in [-0.2, -0.15) is 0 Å². The molecule has 0 bridgehead atoms. The van der Waals surface area contributed by atoms with E-state index in [1.54, 1.807) is 0 Å². The Balaban J connectivity index is 1.79. The fourth-order valence-corrected chi connectivity index (χ4v) is 3.67. The second-order valence-corrected chi connectivity index (χ2v) is 6.95. The van der Waals surface area contributed by atoms with Gasteiger partial charge in [0.2, 0.25) is 5.91 Å². The molecular weight excluding hydrogens is 242 g/mol. The molecular formula is C10H19N3O3S. The van der Waals surface area contributed by atoms with Gasteiger partial charge in [0.15, 0.2) is 0 Å². The van der Waals surface area contributed by atoms with E-state index >= 15 is 0 Å². The van der Waals surface area contributed by atoms with Crippen LogP contribution in [0.4, 0.5) is 0 Å². The van der Waals surface area contributed by atoms with Crippen molar-refractivity contribution in [2.75, 3.05) is 31.1 Å². The Bertz CT molecular complexity index is 362. The fraction of sp³-hybridized carbons (Fsp3) is 0.900.